The van der Waals surface area contributed by atoms with Crippen molar-refractivity contribution in [3.8, 4) is 5.95 Å². The van der Waals surface area contributed by atoms with Gasteiger partial charge in [0.2, 0.25) is 5.95 Å². The number of amides is 2. The predicted octanol–water partition coefficient (Wildman–Crippen LogP) is 0.133. The number of rotatable bonds is 2. The van der Waals surface area contributed by atoms with Crippen LogP contribution in [0.3, 0.4) is 0 Å². The van der Waals surface area contributed by atoms with Gasteiger partial charge in [0, 0.05) is 30.9 Å². The smallest absolute Gasteiger partial charge is 0.315 e. The Hall–Kier alpha value is -2.97. The minimum atomic E-state index is -0.729. The third-order valence-electron chi connectivity index (χ3n) is 3.72. The van der Waals surface area contributed by atoms with Gasteiger partial charge in [0.25, 0.3) is 5.56 Å². The molecule has 1 aliphatic heterocycles. The van der Waals surface area contributed by atoms with Gasteiger partial charge in [-0.15, -0.1) is 0 Å². The van der Waals surface area contributed by atoms with Gasteiger partial charge >= 0.3 is 11.8 Å². The van der Waals surface area contributed by atoms with Gasteiger partial charge < -0.3 is 10.2 Å². The van der Waals surface area contributed by atoms with Crippen LogP contribution in [0.25, 0.3) is 5.95 Å². The van der Waals surface area contributed by atoms with Gasteiger partial charge in [-0.05, 0) is 26.7 Å². The highest BCUT2D eigenvalue weighted by molar-refractivity contribution is 6.39. The highest BCUT2D eigenvalue weighted by atomic mass is 16.2. The number of hydrogen-bond acceptors (Lipinski definition) is 5. The number of carbonyl (C=O) groups excluding carboxylic acids is 2. The van der Waals surface area contributed by atoms with Crippen molar-refractivity contribution >= 4 is 17.6 Å². The van der Waals surface area contributed by atoms with Crippen LogP contribution in [0.2, 0.25) is 0 Å². The molecule has 1 aliphatic rings. The summed E-state index contributed by atoms with van der Waals surface area (Å²) in [5.74, 6) is -0.840. The van der Waals surface area contributed by atoms with E-state index in [-0.39, 0.29) is 17.3 Å². The zero-order valence-electron chi connectivity index (χ0n) is 13.5. The Morgan fingerprint density at radius 3 is 2.54 bits per heavy atom. The normalized spacial score (nSPS) is 14.0. The lowest BCUT2D eigenvalue weighted by Crippen LogP contribution is -2.38. The zero-order valence-corrected chi connectivity index (χ0v) is 13.5. The van der Waals surface area contributed by atoms with Crippen LogP contribution in [0, 0.1) is 13.8 Å². The summed E-state index contributed by atoms with van der Waals surface area (Å²) in [6, 6.07) is 2.96. The second kappa shape index (κ2) is 6.26. The molecule has 0 atom stereocenters. The first-order valence-electron chi connectivity index (χ1n) is 7.69. The molecular formula is C15H18N6O3. The summed E-state index contributed by atoms with van der Waals surface area (Å²) in [6.07, 6.45) is 1.81. The first-order valence-corrected chi connectivity index (χ1v) is 7.69. The highest BCUT2D eigenvalue weighted by Crippen LogP contribution is 2.15. The SMILES string of the molecule is Cc1cc(=O)[nH]c(-n2nc(C)cc2NC(=O)C(=O)N2CCCC2)n1. The fourth-order valence-electron chi connectivity index (χ4n) is 2.65. The molecule has 3 rings (SSSR count). The first kappa shape index (κ1) is 15.9. The average Bonchev–Trinajstić information content (AvgIpc) is 3.15. The summed E-state index contributed by atoms with van der Waals surface area (Å²) in [7, 11) is 0. The molecule has 2 amide bonds. The summed E-state index contributed by atoms with van der Waals surface area (Å²) >= 11 is 0. The summed E-state index contributed by atoms with van der Waals surface area (Å²) in [6.45, 7) is 4.61. The Morgan fingerprint density at radius 2 is 1.88 bits per heavy atom. The number of nitrogens with one attached hydrogen (secondary N) is 2. The second-order valence-electron chi connectivity index (χ2n) is 5.75. The van der Waals surface area contributed by atoms with Crippen molar-refractivity contribution in [1.29, 1.82) is 0 Å². The molecule has 0 spiro atoms. The van der Waals surface area contributed by atoms with Crippen molar-refractivity contribution in [2.24, 2.45) is 0 Å². The minimum absolute atomic E-state index is 0.178. The Labute approximate surface area is 137 Å². The maximum absolute atomic E-state index is 12.2. The van der Waals surface area contributed by atoms with Crippen molar-refractivity contribution in [1.82, 2.24) is 24.6 Å². The lowest BCUT2D eigenvalue weighted by atomic mass is 10.4. The summed E-state index contributed by atoms with van der Waals surface area (Å²) in [4.78, 5) is 44.2. The number of carbonyl (C=O) groups is 2. The molecule has 24 heavy (non-hydrogen) atoms. The van der Waals surface area contributed by atoms with Crippen LogP contribution in [0.5, 0.6) is 0 Å². The number of H-pyrrole nitrogens is 1. The molecule has 0 aliphatic carbocycles. The molecule has 0 aromatic carbocycles. The van der Waals surface area contributed by atoms with Crippen molar-refractivity contribution in [3.63, 3.8) is 0 Å². The van der Waals surface area contributed by atoms with E-state index >= 15 is 0 Å². The maximum atomic E-state index is 12.2. The minimum Gasteiger partial charge on any atom is -0.334 e. The molecule has 2 aromatic rings. The zero-order chi connectivity index (χ0) is 17.3. The number of anilines is 1. The van der Waals surface area contributed by atoms with Crippen LogP contribution in [-0.2, 0) is 9.59 Å². The molecule has 0 saturated carbocycles. The van der Waals surface area contributed by atoms with Crippen LogP contribution in [0.1, 0.15) is 24.2 Å². The molecule has 9 nitrogen and oxygen atoms in total. The number of aromatic amines is 1. The Bertz CT molecular complexity index is 847. The van der Waals surface area contributed by atoms with Gasteiger partial charge in [0.15, 0.2) is 0 Å². The quantitative estimate of drug-likeness (QED) is 0.760. The Kier molecular flexibility index (Phi) is 4.15. The Balaban J connectivity index is 1.87. The maximum Gasteiger partial charge on any atom is 0.315 e. The molecule has 126 valence electrons. The first-order chi connectivity index (χ1) is 11.4. The average molecular weight is 330 g/mol. The Morgan fingerprint density at radius 1 is 1.17 bits per heavy atom. The van der Waals surface area contributed by atoms with Crippen LogP contribution in [-0.4, -0.2) is 49.6 Å². The monoisotopic (exact) mass is 330 g/mol. The van der Waals surface area contributed by atoms with E-state index in [0.717, 1.165) is 12.8 Å². The lowest BCUT2D eigenvalue weighted by Gasteiger charge is -2.14. The van der Waals surface area contributed by atoms with Gasteiger partial charge in [-0.25, -0.2) is 4.98 Å². The fourth-order valence-corrected chi connectivity index (χ4v) is 2.65. The van der Waals surface area contributed by atoms with Gasteiger partial charge in [-0.3, -0.25) is 19.4 Å². The molecule has 0 radical (unpaired) electrons. The largest absolute Gasteiger partial charge is 0.334 e. The summed E-state index contributed by atoms with van der Waals surface area (Å²) < 4.78 is 1.30. The van der Waals surface area contributed by atoms with E-state index in [1.54, 1.807) is 19.9 Å². The van der Waals surface area contributed by atoms with Gasteiger partial charge in [0.1, 0.15) is 5.82 Å². The van der Waals surface area contributed by atoms with Crippen molar-refractivity contribution in [2.45, 2.75) is 26.7 Å². The molecule has 3 heterocycles. The molecule has 1 saturated heterocycles. The molecule has 2 N–H and O–H groups in total. The molecular weight excluding hydrogens is 312 g/mol. The van der Waals surface area contributed by atoms with E-state index < -0.39 is 11.8 Å². The van der Waals surface area contributed by atoms with E-state index in [2.05, 4.69) is 20.4 Å². The summed E-state index contributed by atoms with van der Waals surface area (Å²) in [5, 5.41) is 6.77. The van der Waals surface area contributed by atoms with Crippen molar-refractivity contribution in [2.75, 3.05) is 18.4 Å². The number of aromatic nitrogens is 4. The molecule has 0 unspecified atom stereocenters. The third-order valence-corrected chi connectivity index (χ3v) is 3.72. The van der Waals surface area contributed by atoms with Crippen molar-refractivity contribution < 1.29 is 9.59 Å². The van der Waals surface area contributed by atoms with E-state index in [1.807, 2.05) is 0 Å². The highest BCUT2D eigenvalue weighted by Gasteiger charge is 2.25. The fraction of sp³-hybridized carbons (Fsp3) is 0.400. The van der Waals surface area contributed by atoms with Crippen LogP contribution in [0.4, 0.5) is 5.82 Å². The van der Waals surface area contributed by atoms with Crippen LogP contribution in [0.15, 0.2) is 16.9 Å². The lowest BCUT2D eigenvalue weighted by molar-refractivity contribution is -0.142. The third kappa shape index (κ3) is 3.19. The summed E-state index contributed by atoms with van der Waals surface area (Å²) in [5.41, 5.74) is 0.812. The number of nitrogens with zero attached hydrogens (tertiary/aromatic N) is 4. The second-order valence-corrected chi connectivity index (χ2v) is 5.75. The number of likely N-dealkylation sites (tertiary alicyclic amines) is 1. The van der Waals surface area contributed by atoms with E-state index in [9.17, 15) is 14.4 Å². The number of aryl methyl sites for hydroxylation is 2. The standard InChI is InChI=1S/C15H18N6O3/c1-9-8-12(22)18-15(16-9)21-11(7-10(2)19-21)17-13(23)14(24)20-5-3-4-6-20/h7-8H,3-6H2,1-2H3,(H,17,23)(H,16,18,22). The van der Waals surface area contributed by atoms with E-state index in [1.165, 1.54) is 15.6 Å². The van der Waals surface area contributed by atoms with Gasteiger partial charge in [-0.1, -0.05) is 0 Å². The molecule has 0 bridgehead atoms. The van der Waals surface area contributed by atoms with E-state index in [0.29, 0.717) is 24.5 Å². The molecule has 1 fully saturated rings. The van der Waals surface area contributed by atoms with Crippen molar-refractivity contribution in [3.05, 3.63) is 33.9 Å². The van der Waals surface area contributed by atoms with Crippen LogP contribution >= 0.6 is 0 Å². The molecule has 2 aromatic heterocycles. The molecule has 9 heteroatoms. The number of hydrogen-bond donors (Lipinski definition) is 2. The van der Waals surface area contributed by atoms with Gasteiger partial charge in [-0.2, -0.15) is 9.78 Å². The van der Waals surface area contributed by atoms with Crippen LogP contribution < -0.4 is 10.9 Å². The topological polar surface area (TPSA) is 113 Å². The predicted molar refractivity (Wildman–Crippen MR) is 85.9 cm³/mol. The van der Waals surface area contributed by atoms with Gasteiger partial charge in [0.05, 0.1) is 5.69 Å². The van der Waals surface area contributed by atoms with E-state index in [4.69, 9.17) is 0 Å².